The van der Waals surface area contributed by atoms with Crippen molar-refractivity contribution in [3.05, 3.63) is 58.6 Å². The number of benzene rings is 2. The van der Waals surface area contributed by atoms with E-state index in [4.69, 9.17) is 17.2 Å². The van der Waals surface area contributed by atoms with Crippen LogP contribution in [0.5, 0.6) is 0 Å². The molecule has 0 spiro atoms. The minimum Gasteiger partial charge on any atom is -0.343 e. The average Bonchev–Trinajstić information content (AvgIpc) is 3.00. The fourth-order valence-corrected chi connectivity index (χ4v) is 3.82. The third-order valence-corrected chi connectivity index (χ3v) is 5.80. The Morgan fingerprint density at radius 2 is 1.96 bits per heavy atom. The lowest BCUT2D eigenvalue weighted by molar-refractivity contribution is 0.407. The van der Waals surface area contributed by atoms with Crippen molar-refractivity contribution in [3.63, 3.8) is 0 Å². The number of aryl methyl sites for hydroxylation is 2. The third-order valence-electron chi connectivity index (χ3n) is 4.20. The summed E-state index contributed by atoms with van der Waals surface area (Å²) in [5.41, 5.74) is 4.51. The molecule has 5 heteroatoms. The number of anilines is 1. The molecule has 3 rings (SSSR count). The number of rotatable bonds is 3. The quantitative estimate of drug-likeness (QED) is 0.645. The molecule has 0 aliphatic heterocycles. The minimum atomic E-state index is 0.118. The van der Waals surface area contributed by atoms with E-state index in [0.29, 0.717) is 5.11 Å². The first-order valence-electron chi connectivity index (χ1n) is 7.92. The molecule has 1 atom stereocenters. The Labute approximate surface area is 152 Å². The SMILES string of the molecule is Cc1ccc(C)c(NC(=S)N(C)[C@H](C)c2nc3ccccc3s2)c1. The Kier molecular flexibility index (Phi) is 4.83. The number of thiazole rings is 1. The predicted molar refractivity (Wildman–Crippen MR) is 108 cm³/mol. The molecule has 24 heavy (non-hydrogen) atoms. The molecule has 0 bridgehead atoms. The smallest absolute Gasteiger partial charge is 0.173 e. The molecular weight excluding hydrogens is 334 g/mol. The number of nitrogens with zero attached hydrogens (tertiary/aromatic N) is 2. The highest BCUT2D eigenvalue weighted by Crippen LogP contribution is 2.29. The normalized spacial score (nSPS) is 12.2. The van der Waals surface area contributed by atoms with Crippen molar-refractivity contribution in [2.45, 2.75) is 26.8 Å². The lowest BCUT2D eigenvalue weighted by Crippen LogP contribution is -2.33. The summed E-state index contributed by atoms with van der Waals surface area (Å²) in [6, 6.07) is 14.7. The van der Waals surface area contributed by atoms with E-state index in [1.54, 1.807) is 11.3 Å². The number of aromatic nitrogens is 1. The summed E-state index contributed by atoms with van der Waals surface area (Å²) >= 11 is 7.33. The van der Waals surface area contributed by atoms with E-state index in [1.807, 2.05) is 19.2 Å². The molecule has 0 fully saturated rings. The van der Waals surface area contributed by atoms with Crippen molar-refractivity contribution in [1.82, 2.24) is 9.88 Å². The van der Waals surface area contributed by atoms with Crippen LogP contribution in [0, 0.1) is 13.8 Å². The molecule has 0 amide bonds. The maximum absolute atomic E-state index is 5.61. The van der Waals surface area contributed by atoms with Gasteiger partial charge in [-0.05, 0) is 62.3 Å². The first-order chi connectivity index (χ1) is 11.5. The highest BCUT2D eigenvalue weighted by atomic mass is 32.1. The predicted octanol–water partition coefficient (Wildman–Crippen LogP) is 5.30. The van der Waals surface area contributed by atoms with Gasteiger partial charge in [0.25, 0.3) is 0 Å². The van der Waals surface area contributed by atoms with E-state index in [1.165, 1.54) is 15.8 Å². The van der Waals surface area contributed by atoms with Crippen LogP contribution in [0.2, 0.25) is 0 Å². The van der Waals surface area contributed by atoms with Crippen molar-refractivity contribution < 1.29 is 0 Å². The molecule has 0 unspecified atom stereocenters. The summed E-state index contributed by atoms with van der Waals surface area (Å²) in [5, 5.41) is 5.15. The topological polar surface area (TPSA) is 28.2 Å². The van der Waals surface area contributed by atoms with Crippen LogP contribution in [0.3, 0.4) is 0 Å². The molecule has 1 N–H and O–H groups in total. The lowest BCUT2D eigenvalue weighted by Gasteiger charge is -2.27. The molecule has 0 saturated heterocycles. The largest absolute Gasteiger partial charge is 0.343 e. The molecule has 1 heterocycles. The van der Waals surface area contributed by atoms with Gasteiger partial charge in [0.2, 0.25) is 0 Å². The van der Waals surface area contributed by atoms with Crippen LogP contribution in [-0.2, 0) is 0 Å². The zero-order valence-electron chi connectivity index (χ0n) is 14.3. The second-order valence-electron chi connectivity index (χ2n) is 6.06. The van der Waals surface area contributed by atoms with Crippen LogP contribution in [0.15, 0.2) is 42.5 Å². The Bertz CT molecular complexity index is 852. The van der Waals surface area contributed by atoms with Crippen molar-refractivity contribution in [1.29, 1.82) is 0 Å². The van der Waals surface area contributed by atoms with E-state index in [2.05, 4.69) is 61.3 Å². The Balaban J connectivity index is 1.78. The maximum atomic E-state index is 5.61. The Hall–Kier alpha value is -1.98. The lowest BCUT2D eigenvalue weighted by atomic mass is 10.1. The number of hydrogen-bond donors (Lipinski definition) is 1. The summed E-state index contributed by atoms with van der Waals surface area (Å²) in [6.07, 6.45) is 0. The molecular formula is C19H21N3S2. The number of hydrogen-bond acceptors (Lipinski definition) is 3. The van der Waals surface area contributed by atoms with E-state index >= 15 is 0 Å². The highest BCUT2D eigenvalue weighted by Gasteiger charge is 2.19. The van der Waals surface area contributed by atoms with Gasteiger partial charge >= 0.3 is 0 Å². The average molecular weight is 356 g/mol. The van der Waals surface area contributed by atoms with Gasteiger partial charge in [-0.15, -0.1) is 11.3 Å². The molecule has 0 saturated carbocycles. The molecule has 2 aromatic carbocycles. The van der Waals surface area contributed by atoms with Crippen LogP contribution >= 0.6 is 23.6 Å². The Morgan fingerprint density at radius 1 is 1.21 bits per heavy atom. The summed E-state index contributed by atoms with van der Waals surface area (Å²) in [7, 11) is 2.01. The van der Waals surface area contributed by atoms with E-state index < -0.39 is 0 Å². The molecule has 0 aliphatic carbocycles. The fraction of sp³-hybridized carbons (Fsp3) is 0.263. The summed E-state index contributed by atoms with van der Waals surface area (Å²) in [5.74, 6) is 0. The fourth-order valence-electron chi connectivity index (χ4n) is 2.48. The van der Waals surface area contributed by atoms with Crippen molar-refractivity contribution in [2.75, 3.05) is 12.4 Å². The first-order valence-corrected chi connectivity index (χ1v) is 9.14. The molecule has 3 aromatic rings. The number of para-hydroxylation sites is 1. The van der Waals surface area contributed by atoms with Gasteiger partial charge in [0.15, 0.2) is 5.11 Å². The summed E-state index contributed by atoms with van der Waals surface area (Å²) in [6.45, 7) is 6.30. The van der Waals surface area contributed by atoms with Crippen LogP contribution in [0.25, 0.3) is 10.2 Å². The number of nitrogens with one attached hydrogen (secondary N) is 1. The number of fused-ring (bicyclic) bond motifs is 1. The van der Waals surface area contributed by atoms with Crippen molar-refractivity contribution in [2.24, 2.45) is 0 Å². The second-order valence-corrected chi connectivity index (χ2v) is 7.50. The minimum absolute atomic E-state index is 0.118. The van der Waals surface area contributed by atoms with E-state index in [0.717, 1.165) is 16.2 Å². The van der Waals surface area contributed by atoms with Gasteiger partial charge in [-0.3, -0.25) is 0 Å². The van der Waals surface area contributed by atoms with Gasteiger partial charge in [-0.1, -0.05) is 24.3 Å². The highest BCUT2D eigenvalue weighted by molar-refractivity contribution is 7.80. The Morgan fingerprint density at radius 3 is 2.71 bits per heavy atom. The molecule has 124 valence electrons. The van der Waals surface area contributed by atoms with Crippen LogP contribution in [0.1, 0.15) is 29.1 Å². The first kappa shape index (κ1) is 16.9. The maximum Gasteiger partial charge on any atom is 0.173 e. The monoisotopic (exact) mass is 355 g/mol. The zero-order valence-corrected chi connectivity index (χ0v) is 16.0. The molecule has 1 aromatic heterocycles. The van der Waals surface area contributed by atoms with Gasteiger partial charge in [0.05, 0.1) is 16.3 Å². The standard InChI is InChI=1S/C19H21N3S2/c1-12-9-10-13(2)16(11-12)21-19(23)22(4)14(3)18-20-15-7-5-6-8-17(15)24-18/h5-11,14H,1-4H3,(H,21,23)/t14-/m1/s1. The summed E-state index contributed by atoms with van der Waals surface area (Å²) < 4.78 is 1.21. The van der Waals surface area contributed by atoms with E-state index in [9.17, 15) is 0 Å². The number of thiocarbonyl (C=S) groups is 1. The second kappa shape index (κ2) is 6.87. The van der Waals surface area contributed by atoms with Gasteiger partial charge in [0.1, 0.15) is 5.01 Å². The molecule has 0 radical (unpaired) electrons. The van der Waals surface area contributed by atoms with E-state index in [-0.39, 0.29) is 6.04 Å². The van der Waals surface area contributed by atoms with Gasteiger partial charge in [0, 0.05) is 12.7 Å². The molecule has 3 nitrogen and oxygen atoms in total. The van der Waals surface area contributed by atoms with Crippen LogP contribution in [0.4, 0.5) is 5.69 Å². The van der Waals surface area contributed by atoms with Crippen LogP contribution in [-0.4, -0.2) is 22.0 Å². The molecule has 0 aliphatic rings. The van der Waals surface area contributed by atoms with Crippen molar-refractivity contribution in [3.8, 4) is 0 Å². The van der Waals surface area contributed by atoms with Crippen LogP contribution < -0.4 is 5.32 Å². The third kappa shape index (κ3) is 3.42. The summed E-state index contributed by atoms with van der Waals surface area (Å²) in [4.78, 5) is 6.81. The van der Waals surface area contributed by atoms with Gasteiger partial charge in [-0.25, -0.2) is 4.98 Å². The van der Waals surface area contributed by atoms with Gasteiger partial charge < -0.3 is 10.2 Å². The van der Waals surface area contributed by atoms with Gasteiger partial charge in [-0.2, -0.15) is 0 Å². The van der Waals surface area contributed by atoms with Crippen molar-refractivity contribution >= 4 is 44.6 Å². The zero-order chi connectivity index (χ0) is 17.3.